The molecular weight excluding hydrogens is 318 g/mol. The largest absolute Gasteiger partial charge is 0.481 e. The third kappa shape index (κ3) is 1.87. The Hall–Kier alpha value is -1.08. The van der Waals surface area contributed by atoms with E-state index in [1.54, 1.807) is 0 Å². The molecule has 0 amide bonds. The molecule has 1 fully saturated rings. The lowest BCUT2D eigenvalue weighted by Crippen LogP contribution is -2.08. The van der Waals surface area contributed by atoms with Crippen LogP contribution in [0.25, 0.3) is 0 Å². The zero-order valence-corrected chi connectivity index (χ0v) is 10.2. The van der Waals surface area contributed by atoms with E-state index in [-0.39, 0.29) is 0 Å². The van der Waals surface area contributed by atoms with Crippen LogP contribution in [0.1, 0.15) is 11.5 Å². The van der Waals surface area contributed by atoms with Crippen LogP contribution < -0.4 is 0 Å². The summed E-state index contributed by atoms with van der Waals surface area (Å²) in [5.74, 6) is -15.9. The Morgan fingerprint density at radius 3 is 1.63 bits per heavy atom. The van der Waals surface area contributed by atoms with E-state index in [0.29, 0.717) is 0 Å². The second-order valence-electron chi connectivity index (χ2n) is 3.95. The van der Waals surface area contributed by atoms with Gasteiger partial charge < -0.3 is 5.11 Å². The van der Waals surface area contributed by atoms with Crippen molar-refractivity contribution in [2.24, 2.45) is 5.92 Å². The fourth-order valence-corrected chi connectivity index (χ4v) is 2.67. The van der Waals surface area contributed by atoms with Crippen molar-refractivity contribution in [3.8, 4) is 0 Å². The van der Waals surface area contributed by atoms with Crippen molar-refractivity contribution in [2.45, 2.75) is 10.3 Å². The molecule has 1 aromatic carbocycles. The summed E-state index contributed by atoms with van der Waals surface area (Å²) in [7, 11) is 0. The van der Waals surface area contributed by atoms with Crippen LogP contribution in [-0.4, -0.2) is 15.4 Å². The van der Waals surface area contributed by atoms with Crippen LogP contribution >= 0.6 is 23.2 Å². The highest BCUT2D eigenvalue weighted by Gasteiger charge is 2.70. The van der Waals surface area contributed by atoms with Gasteiger partial charge in [-0.2, -0.15) is 0 Å². The number of alkyl halides is 2. The smallest absolute Gasteiger partial charge is 0.310 e. The van der Waals surface area contributed by atoms with Gasteiger partial charge in [0.05, 0.1) is 0 Å². The summed E-state index contributed by atoms with van der Waals surface area (Å²) in [5.41, 5.74) is -1.31. The topological polar surface area (TPSA) is 37.3 Å². The molecule has 2 atom stereocenters. The van der Waals surface area contributed by atoms with Crippen molar-refractivity contribution in [3.05, 3.63) is 34.6 Å². The quantitative estimate of drug-likeness (QED) is 0.393. The molecule has 1 N–H and O–H groups in total. The van der Waals surface area contributed by atoms with Gasteiger partial charge in [0.2, 0.25) is 5.82 Å². The molecule has 1 aliphatic rings. The van der Waals surface area contributed by atoms with Crippen LogP contribution in [0.5, 0.6) is 0 Å². The summed E-state index contributed by atoms with van der Waals surface area (Å²) in [6.07, 6.45) is 0. The lowest BCUT2D eigenvalue weighted by Gasteiger charge is -2.07. The number of carboxylic acids is 1. The van der Waals surface area contributed by atoms with Gasteiger partial charge in [-0.3, -0.25) is 4.79 Å². The van der Waals surface area contributed by atoms with Crippen molar-refractivity contribution in [3.63, 3.8) is 0 Å². The number of carboxylic acid groups (broad SMARTS) is 1. The molecule has 0 spiro atoms. The second-order valence-corrected chi connectivity index (χ2v) is 5.40. The summed E-state index contributed by atoms with van der Waals surface area (Å²) < 4.78 is 63.5. The molecule has 2 nitrogen and oxygen atoms in total. The second kappa shape index (κ2) is 4.21. The highest BCUT2D eigenvalue weighted by atomic mass is 35.5. The van der Waals surface area contributed by atoms with E-state index in [0.717, 1.165) is 0 Å². The van der Waals surface area contributed by atoms with E-state index >= 15 is 0 Å². The van der Waals surface area contributed by atoms with Gasteiger partial charge in [0, 0.05) is 11.5 Å². The maximum absolute atomic E-state index is 13.4. The Kier molecular flexibility index (Phi) is 3.17. The zero-order valence-electron chi connectivity index (χ0n) is 8.66. The average Bonchev–Trinajstić information content (AvgIpc) is 2.87. The lowest BCUT2D eigenvalue weighted by molar-refractivity contribution is -0.138. The van der Waals surface area contributed by atoms with E-state index < -0.39 is 56.8 Å². The van der Waals surface area contributed by atoms with Gasteiger partial charge in [0.1, 0.15) is 10.3 Å². The van der Waals surface area contributed by atoms with E-state index in [9.17, 15) is 26.7 Å². The third-order valence-corrected chi connectivity index (χ3v) is 3.81. The first-order chi connectivity index (χ1) is 8.62. The average molecular weight is 321 g/mol. The molecule has 19 heavy (non-hydrogen) atoms. The fraction of sp³-hybridized carbons (Fsp3) is 0.300. The summed E-state index contributed by atoms with van der Waals surface area (Å²) >= 11 is 11.0. The molecule has 1 saturated carbocycles. The third-order valence-electron chi connectivity index (χ3n) is 2.87. The number of aliphatic carboxylic acids is 1. The lowest BCUT2D eigenvalue weighted by atomic mass is 10.1. The number of rotatable bonds is 2. The molecule has 0 heterocycles. The highest BCUT2D eigenvalue weighted by Crippen LogP contribution is 2.65. The van der Waals surface area contributed by atoms with Crippen molar-refractivity contribution in [1.82, 2.24) is 0 Å². The van der Waals surface area contributed by atoms with Gasteiger partial charge in [-0.1, -0.05) is 23.2 Å². The Morgan fingerprint density at radius 2 is 1.32 bits per heavy atom. The minimum atomic E-state index is -2.33. The molecule has 0 radical (unpaired) electrons. The summed E-state index contributed by atoms with van der Waals surface area (Å²) in [5, 5.41) is 8.72. The number of benzene rings is 1. The normalized spacial score (nSPS) is 24.4. The monoisotopic (exact) mass is 320 g/mol. The maximum atomic E-state index is 13.4. The first-order valence-corrected chi connectivity index (χ1v) is 5.49. The van der Waals surface area contributed by atoms with Gasteiger partial charge >= 0.3 is 5.97 Å². The predicted octanol–water partition coefficient (Wildman–Crippen LogP) is 3.35. The highest BCUT2D eigenvalue weighted by molar-refractivity contribution is 6.53. The minimum Gasteiger partial charge on any atom is -0.481 e. The van der Waals surface area contributed by atoms with E-state index in [1.165, 1.54) is 0 Å². The van der Waals surface area contributed by atoms with Gasteiger partial charge in [0.15, 0.2) is 23.3 Å². The van der Waals surface area contributed by atoms with Crippen LogP contribution in [0.3, 0.4) is 0 Å². The number of hydrogen-bond donors (Lipinski definition) is 1. The van der Waals surface area contributed by atoms with Crippen LogP contribution in [0.4, 0.5) is 22.0 Å². The molecule has 9 heteroatoms. The molecule has 2 unspecified atom stereocenters. The molecule has 0 saturated heterocycles. The van der Waals surface area contributed by atoms with Gasteiger partial charge in [-0.15, -0.1) is 0 Å². The summed E-state index contributed by atoms with van der Waals surface area (Å²) in [6.45, 7) is 0. The van der Waals surface area contributed by atoms with Crippen LogP contribution in [0.15, 0.2) is 0 Å². The zero-order chi connectivity index (χ0) is 14.7. The van der Waals surface area contributed by atoms with Crippen molar-refractivity contribution in [2.75, 3.05) is 0 Å². The van der Waals surface area contributed by atoms with Crippen LogP contribution in [-0.2, 0) is 4.79 Å². The van der Waals surface area contributed by atoms with Crippen molar-refractivity contribution >= 4 is 29.2 Å². The fourth-order valence-electron chi connectivity index (χ4n) is 1.89. The number of halogens is 7. The molecule has 2 rings (SSSR count). The first-order valence-electron chi connectivity index (χ1n) is 4.74. The van der Waals surface area contributed by atoms with Crippen LogP contribution in [0.2, 0.25) is 0 Å². The van der Waals surface area contributed by atoms with Crippen LogP contribution in [0, 0.1) is 35.0 Å². The van der Waals surface area contributed by atoms with E-state index in [1.807, 2.05) is 0 Å². The Balaban J connectivity index is 2.63. The van der Waals surface area contributed by atoms with E-state index in [4.69, 9.17) is 28.3 Å². The van der Waals surface area contributed by atoms with Gasteiger partial charge in [-0.05, 0) is 0 Å². The minimum absolute atomic E-state index is 1.31. The molecule has 1 aliphatic carbocycles. The maximum Gasteiger partial charge on any atom is 0.310 e. The molecule has 0 aromatic heterocycles. The molecule has 1 aromatic rings. The Morgan fingerprint density at radius 1 is 0.947 bits per heavy atom. The van der Waals surface area contributed by atoms with E-state index in [2.05, 4.69) is 0 Å². The standard InChI is InChI=1S/C10H3Cl2F5O2/c11-10(12)2(3(10)9(18)19)1-4(13)6(15)8(17)7(16)5(1)14/h2-3H,(H,18,19). The number of hydrogen-bond acceptors (Lipinski definition) is 1. The summed E-state index contributed by atoms with van der Waals surface area (Å²) in [4.78, 5) is 10.7. The Bertz CT molecular complexity index is 561. The van der Waals surface area contributed by atoms with Crippen molar-refractivity contribution in [1.29, 1.82) is 0 Å². The molecule has 0 aliphatic heterocycles. The van der Waals surface area contributed by atoms with Crippen molar-refractivity contribution < 1.29 is 31.9 Å². The molecular formula is C10H3Cl2F5O2. The predicted molar refractivity (Wildman–Crippen MR) is 54.5 cm³/mol. The Labute approximate surface area is 112 Å². The SMILES string of the molecule is O=C(O)C1C(c2c(F)c(F)c(F)c(F)c2F)C1(Cl)Cl. The summed E-state index contributed by atoms with van der Waals surface area (Å²) in [6, 6.07) is 0. The van der Waals surface area contributed by atoms with Gasteiger partial charge in [0.25, 0.3) is 0 Å². The first kappa shape index (κ1) is 14.3. The number of carbonyl (C=O) groups is 1. The van der Waals surface area contributed by atoms with Gasteiger partial charge in [-0.25, -0.2) is 22.0 Å². The molecule has 0 bridgehead atoms. The molecule has 104 valence electrons.